The smallest absolute Gasteiger partial charge is 0.338 e. The van der Waals surface area contributed by atoms with E-state index in [0.717, 1.165) is 5.56 Å². The summed E-state index contributed by atoms with van der Waals surface area (Å²) < 4.78 is 25.1. The van der Waals surface area contributed by atoms with E-state index in [1.165, 1.54) is 24.3 Å². The Hall–Kier alpha value is -1.45. The lowest BCUT2D eigenvalue weighted by atomic mass is 10.1. The molecule has 1 rings (SSSR count). The molecule has 1 aromatic rings. The predicted molar refractivity (Wildman–Crippen MR) is 47.3 cm³/mol. The van der Waals surface area contributed by atoms with Crippen LogP contribution in [0.3, 0.4) is 0 Å². The molecule has 1 aromatic carbocycles. The van der Waals surface area contributed by atoms with Gasteiger partial charge >= 0.3 is 5.97 Å². The molecule has 0 amide bonds. The minimum absolute atomic E-state index is 0.0824. The fourth-order valence-electron chi connectivity index (χ4n) is 1.07. The first kappa shape index (κ1) is 10.6. The first-order valence-corrected chi connectivity index (χ1v) is 4.21. The highest BCUT2D eigenvalue weighted by Gasteiger charge is 2.14. The zero-order chi connectivity index (χ0) is 10.6. The Balaban J connectivity index is 2.46. The van der Waals surface area contributed by atoms with Crippen molar-refractivity contribution in [2.45, 2.75) is 19.0 Å². The van der Waals surface area contributed by atoms with Crippen molar-refractivity contribution >= 4 is 5.97 Å². The molecular formula is C10H10F2O2. The maximum Gasteiger partial charge on any atom is 0.338 e. The number of carboxylic acid groups (broad SMARTS) is 1. The first-order valence-electron chi connectivity index (χ1n) is 4.21. The molecule has 0 aliphatic carbocycles. The van der Waals surface area contributed by atoms with Crippen molar-refractivity contribution in [1.82, 2.24) is 0 Å². The molecule has 0 aromatic heterocycles. The highest BCUT2D eigenvalue weighted by Crippen LogP contribution is 2.08. The third-order valence-corrected chi connectivity index (χ3v) is 1.87. The summed E-state index contributed by atoms with van der Waals surface area (Å²) in [6.07, 6.45) is -1.63. The molecule has 0 saturated carbocycles. The van der Waals surface area contributed by atoms with E-state index in [4.69, 9.17) is 5.11 Å². The van der Waals surface area contributed by atoms with Gasteiger partial charge in [-0.15, -0.1) is 0 Å². The van der Waals surface area contributed by atoms with Crippen LogP contribution in [0.25, 0.3) is 0 Å². The molecule has 76 valence electrons. The van der Waals surface area contributed by atoms with Crippen molar-refractivity contribution < 1.29 is 18.7 Å². The molecule has 0 radical (unpaired) electrons. The number of alkyl halides is 1. The van der Waals surface area contributed by atoms with Crippen LogP contribution in [-0.4, -0.2) is 17.2 Å². The predicted octanol–water partition coefficient (Wildman–Crippen LogP) is 2.18. The quantitative estimate of drug-likeness (QED) is 0.808. The van der Waals surface area contributed by atoms with Gasteiger partial charge in [0.15, 0.2) is 6.17 Å². The van der Waals surface area contributed by atoms with Gasteiger partial charge in [0.1, 0.15) is 5.82 Å². The second-order valence-electron chi connectivity index (χ2n) is 2.97. The molecular weight excluding hydrogens is 190 g/mol. The molecule has 0 aliphatic heterocycles. The Morgan fingerprint density at radius 2 is 1.93 bits per heavy atom. The zero-order valence-electron chi connectivity index (χ0n) is 7.41. The third-order valence-electron chi connectivity index (χ3n) is 1.87. The van der Waals surface area contributed by atoms with Gasteiger partial charge in [-0.1, -0.05) is 12.1 Å². The van der Waals surface area contributed by atoms with E-state index in [0.29, 0.717) is 6.42 Å². The molecule has 0 heterocycles. The highest BCUT2D eigenvalue weighted by molar-refractivity contribution is 5.71. The summed E-state index contributed by atoms with van der Waals surface area (Å²) in [6.45, 7) is 0. The largest absolute Gasteiger partial charge is 0.479 e. The minimum Gasteiger partial charge on any atom is -0.479 e. The van der Waals surface area contributed by atoms with Crippen LogP contribution in [0.1, 0.15) is 12.0 Å². The van der Waals surface area contributed by atoms with Crippen molar-refractivity contribution in [2.75, 3.05) is 0 Å². The van der Waals surface area contributed by atoms with E-state index >= 15 is 0 Å². The van der Waals surface area contributed by atoms with Gasteiger partial charge in [-0.2, -0.15) is 0 Å². The summed E-state index contributed by atoms with van der Waals surface area (Å²) in [7, 11) is 0. The number of carboxylic acids is 1. The van der Waals surface area contributed by atoms with E-state index in [9.17, 15) is 13.6 Å². The lowest BCUT2D eigenvalue weighted by molar-refractivity contribution is -0.142. The minimum atomic E-state index is -1.85. The first-order chi connectivity index (χ1) is 6.59. The van der Waals surface area contributed by atoms with Gasteiger partial charge in [0, 0.05) is 0 Å². The van der Waals surface area contributed by atoms with Crippen molar-refractivity contribution in [3.8, 4) is 0 Å². The summed E-state index contributed by atoms with van der Waals surface area (Å²) >= 11 is 0. The molecule has 0 bridgehead atoms. The van der Waals surface area contributed by atoms with Gasteiger partial charge in [0.25, 0.3) is 0 Å². The standard InChI is InChI=1S/C10H10F2O2/c11-8-4-1-7(2-5-8)3-6-9(12)10(13)14/h1-2,4-5,9H,3,6H2,(H,13,14). The molecule has 1 N–H and O–H groups in total. The Labute approximate surface area is 80.2 Å². The van der Waals surface area contributed by atoms with Gasteiger partial charge in [0.2, 0.25) is 0 Å². The topological polar surface area (TPSA) is 37.3 Å². The zero-order valence-corrected chi connectivity index (χ0v) is 7.41. The Bertz CT molecular complexity index is 308. The maximum absolute atomic E-state index is 12.6. The molecule has 0 spiro atoms. The van der Waals surface area contributed by atoms with Crippen LogP contribution in [0.5, 0.6) is 0 Å². The summed E-state index contributed by atoms with van der Waals surface area (Å²) in [5.41, 5.74) is 0.732. The number of hydrogen-bond donors (Lipinski definition) is 1. The molecule has 1 unspecified atom stereocenters. The third kappa shape index (κ3) is 3.12. The van der Waals surface area contributed by atoms with E-state index in [1.54, 1.807) is 0 Å². The Kier molecular flexibility index (Phi) is 3.56. The van der Waals surface area contributed by atoms with E-state index < -0.39 is 12.1 Å². The van der Waals surface area contributed by atoms with Crippen molar-refractivity contribution in [3.63, 3.8) is 0 Å². The van der Waals surface area contributed by atoms with Gasteiger partial charge < -0.3 is 5.11 Å². The van der Waals surface area contributed by atoms with Gasteiger partial charge in [-0.3, -0.25) is 0 Å². The lowest BCUT2D eigenvalue weighted by Gasteiger charge is -2.02. The number of aliphatic carboxylic acids is 1. The molecule has 2 nitrogen and oxygen atoms in total. The van der Waals surface area contributed by atoms with Gasteiger partial charge in [-0.05, 0) is 30.5 Å². The van der Waals surface area contributed by atoms with Crippen LogP contribution in [0.2, 0.25) is 0 Å². The van der Waals surface area contributed by atoms with Gasteiger partial charge in [0.05, 0.1) is 0 Å². The molecule has 0 aliphatic rings. The summed E-state index contributed by atoms with van der Waals surface area (Å²) in [4.78, 5) is 10.1. The molecule has 0 saturated heterocycles. The average Bonchev–Trinajstić information content (AvgIpc) is 2.16. The van der Waals surface area contributed by atoms with Crippen LogP contribution in [0, 0.1) is 5.82 Å². The maximum atomic E-state index is 12.6. The van der Waals surface area contributed by atoms with Crippen molar-refractivity contribution in [1.29, 1.82) is 0 Å². The highest BCUT2D eigenvalue weighted by atomic mass is 19.1. The monoisotopic (exact) mass is 200 g/mol. The fourth-order valence-corrected chi connectivity index (χ4v) is 1.07. The number of rotatable bonds is 4. The van der Waals surface area contributed by atoms with Crippen LogP contribution >= 0.6 is 0 Å². The number of benzene rings is 1. The molecule has 14 heavy (non-hydrogen) atoms. The summed E-state index contributed by atoms with van der Waals surface area (Å²) in [5.74, 6) is -1.81. The van der Waals surface area contributed by atoms with Gasteiger partial charge in [-0.25, -0.2) is 13.6 Å². The number of halogens is 2. The average molecular weight is 200 g/mol. The van der Waals surface area contributed by atoms with Crippen LogP contribution in [-0.2, 0) is 11.2 Å². The van der Waals surface area contributed by atoms with Crippen molar-refractivity contribution in [3.05, 3.63) is 35.6 Å². The number of aryl methyl sites for hydroxylation is 1. The van der Waals surface area contributed by atoms with Crippen molar-refractivity contribution in [2.24, 2.45) is 0 Å². The normalized spacial score (nSPS) is 12.4. The second-order valence-corrected chi connectivity index (χ2v) is 2.97. The molecule has 0 fully saturated rings. The number of carbonyl (C=O) groups is 1. The fraction of sp³-hybridized carbons (Fsp3) is 0.300. The molecule has 1 atom stereocenters. The number of hydrogen-bond acceptors (Lipinski definition) is 1. The molecule has 4 heteroatoms. The summed E-state index contributed by atoms with van der Waals surface area (Å²) in [6, 6.07) is 5.57. The second kappa shape index (κ2) is 4.69. The van der Waals surface area contributed by atoms with Crippen LogP contribution in [0.4, 0.5) is 8.78 Å². The Morgan fingerprint density at radius 1 is 1.36 bits per heavy atom. The summed E-state index contributed by atoms with van der Waals surface area (Å²) in [5, 5.41) is 8.27. The van der Waals surface area contributed by atoms with Crippen LogP contribution < -0.4 is 0 Å². The van der Waals surface area contributed by atoms with E-state index in [-0.39, 0.29) is 12.2 Å². The van der Waals surface area contributed by atoms with Crippen LogP contribution in [0.15, 0.2) is 24.3 Å². The van der Waals surface area contributed by atoms with E-state index in [1.807, 2.05) is 0 Å². The Morgan fingerprint density at radius 3 is 2.43 bits per heavy atom. The SMILES string of the molecule is O=C(O)C(F)CCc1ccc(F)cc1. The van der Waals surface area contributed by atoms with E-state index in [2.05, 4.69) is 0 Å². The lowest BCUT2D eigenvalue weighted by Crippen LogP contribution is -2.14.